The Morgan fingerprint density at radius 1 is 1.28 bits per heavy atom. The van der Waals surface area contributed by atoms with Gasteiger partial charge >= 0.3 is 0 Å². The first-order chi connectivity index (χ1) is 13.9. The van der Waals surface area contributed by atoms with E-state index in [-0.39, 0.29) is 12.3 Å². The van der Waals surface area contributed by atoms with Gasteiger partial charge in [0.25, 0.3) is 5.69 Å². The molecular formula is C19H21BrN4O4S. The highest BCUT2D eigenvalue weighted by Gasteiger charge is 2.13. The maximum atomic E-state index is 10.8. The molecule has 0 radical (unpaired) electrons. The fraction of sp³-hybridized carbons (Fsp3) is 0.263. The van der Waals surface area contributed by atoms with E-state index in [1.54, 1.807) is 24.4 Å². The highest BCUT2D eigenvalue weighted by molar-refractivity contribution is 9.10. The van der Waals surface area contributed by atoms with Crippen LogP contribution in [0.4, 0.5) is 5.69 Å². The maximum absolute atomic E-state index is 10.8. The van der Waals surface area contributed by atoms with Crippen LogP contribution in [0.2, 0.25) is 0 Å². The Bertz CT molecular complexity index is 891. The average molecular weight is 481 g/mol. The van der Waals surface area contributed by atoms with Crippen LogP contribution < -0.4 is 20.2 Å². The molecule has 0 unspecified atom stereocenters. The number of hydrogen-bond acceptors (Lipinski definition) is 6. The molecule has 0 saturated carbocycles. The first-order valence-electron chi connectivity index (χ1n) is 8.84. The number of nitrogens with zero attached hydrogens (tertiary/aromatic N) is 2. The van der Waals surface area contributed by atoms with Crippen molar-refractivity contribution in [2.75, 3.05) is 13.2 Å². The molecule has 2 aromatic rings. The lowest BCUT2D eigenvalue weighted by atomic mass is 10.2. The molecule has 2 rings (SSSR count). The molecular weight excluding hydrogens is 460 g/mol. The van der Waals surface area contributed by atoms with Gasteiger partial charge in [-0.25, -0.2) is 0 Å². The molecule has 8 nitrogen and oxygen atoms in total. The summed E-state index contributed by atoms with van der Waals surface area (Å²) in [6.07, 6.45) is 1.62. The van der Waals surface area contributed by atoms with Crippen LogP contribution in [0.1, 0.15) is 25.0 Å². The second-order valence-electron chi connectivity index (χ2n) is 5.70. The molecule has 0 fully saturated rings. The van der Waals surface area contributed by atoms with E-state index in [4.69, 9.17) is 21.7 Å². The third-order valence-electron chi connectivity index (χ3n) is 3.58. The predicted molar refractivity (Wildman–Crippen MR) is 120 cm³/mol. The van der Waals surface area contributed by atoms with Crippen molar-refractivity contribution in [1.29, 1.82) is 0 Å². The van der Waals surface area contributed by atoms with Gasteiger partial charge in [0.05, 0.1) is 22.2 Å². The summed E-state index contributed by atoms with van der Waals surface area (Å²) in [5.74, 6) is 1.10. The molecule has 0 saturated heterocycles. The first-order valence-corrected chi connectivity index (χ1v) is 10.0. The van der Waals surface area contributed by atoms with Gasteiger partial charge in [-0.1, -0.05) is 0 Å². The summed E-state index contributed by atoms with van der Waals surface area (Å²) >= 11 is 8.56. The molecule has 2 aromatic carbocycles. The van der Waals surface area contributed by atoms with Crippen molar-refractivity contribution in [3.05, 3.63) is 62.1 Å². The van der Waals surface area contributed by atoms with Gasteiger partial charge in [-0.15, -0.1) is 0 Å². The van der Waals surface area contributed by atoms with Crippen molar-refractivity contribution in [3.63, 3.8) is 0 Å². The lowest BCUT2D eigenvalue weighted by Crippen LogP contribution is -2.31. The van der Waals surface area contributed by atoms with Gasteiger partial charge in [0.1, 0.15) is 6.61 Å². The number of nitrogens with one attached hydrogen (secondary N) is 2. The summed E-state index contributed by atoms with van der Waals surface area (Å²) in [7, 11) is 0. The van der Waals surface area contributed by atoms with Crippen LogP contribution in [-0.4, -0.2) is 29.4 Å². The van der Waals surface area contributed by atoms with Crippen LogP contribution in [-0.2, 0) is 6.61 Å². The molecule has 0 bridgehead atoms. The summed E-state index contributed by atoms with van der Waals surface area (Å²) in [4.78, 5) is 10.3. The van der Waals surface area contributed by atoms with Crippen molar-refractivity contribution in [2.45, 2.75) is 20.5 Å². The summed E-state index contributed by atoms with van der Waals surface area (Å²) in [5.41, 5.74) is 4.36. The van der Waals surface area contributed by atoms with E-state index >= 15 is 0 Å². The summed E-state index contributed by atoms with van der Waals surface area (Å²) < 4.78 is 12.3. The molecule has 0 aromatic heterocycles. The molecule has 0 heterocycles. The van der Waals surface area contributed by atoms with Gasteiger partial charge in [0, 0.05) is 18.7 Å². The average Bonchev–Trinajstić information content (AvgIpc) is 2.68. The number of thiocarbonyl (C=S) groups is 1. The van der Waals surface area contributed by atoms with Crippen molar-refractivity contribution in [3.8, 4) is 11.5 Å². The monoisotopic (exact) mass is 480 g/mol. The third-order valence-corrected chi connectivity index (χ3v) is 4.40. The van der Waals surface area contributed by atoms with Gasteiger partial charge in [-0.2, -0.15) is 5.10 Å². The molecule has 10 heteroatoms. The number of halogens is 1. The number of hydrazone groups is 1. The lowest BCUT2D eigenvalue weighted by Gasteiger charge is -2.14. The fourth-order valence-electron chi connectivity index (χ4n) is 2.30. The van der Waals surface area contributed by atoms with Gasteiger partial charge in [0.15, 0.2) is 16.6 Å². The molecule has 0 aliphatic heterocycles. The summed E-state index contributed by atoms with van der Waals surface area (Å²) in [6, 6.07) is 9.86. The van der Waals surface area contributed by atoms with Gasteiger partial charge in [-0.3, -0.25) is 15.5 Å². The Morgan fingerprint density at radius 2 is 2.00 bits per heavy atom. The number of nitro groups is 1. The number of non-ortho nitro benzene ring substituents is 1. The van der Waals surface area contributed by atoms with Crippen LogP contribution >= 0.6 is 28.1 Å². The Balaban J connectivity index is 2.13. The molecule has 154 valence electrons. The normalized spacial score (nSPS) is 10.6. The van der Waals surface area contributed by atoms with E-state index in [1.807, 2.05) is 19.9 Å². The zero-order valence-corrected chi connectivity index (χ0v) is 18.4. The lowest BCUT2D eigenvalue weighted by molar-refractivity contribution is -0.384. The number of rotatable bonds is 9. The van der Waals surface area contributed by atoms with Crippen LogP contribution in [0.15, 0.2) is 46.0 Å². The minimum atomic E-state index is -0.436. The van der Waals surface area contributed by atoms with Crippen LogP contribution in [0.3, 0.4) is 0 Å². The van der Waals surface area contributed by atoms with Crippen LogP contribution in [0.25, 0.3) is 0 Å². The van der Waals surface area contributed by atoms with Crippen LogP contribution in [0.5, 0.6) is 11.5 Å². The van der Waals surface area contributed by atoms with E-state index in [0.717, 1.165) is 11.1 Å². The minimum Gasteiger partial charge on any atom is -0.490 e. The largest absolute Gasteiger partial charge is 0.490 e. The van der Waals surface area contributed by atoms with Gasteiger partial charge in [-0.05, 0) is 77.4 Å². The summed E-state index contributed by atoms with van der Waals surface area (Å²) in [6.45, 7) is 5.23. The predicted octanol–water partition coefficient (Wildman–Crippen LogP) is 4.15. The molecule has 29 heavy (non-hydrogen) atoms. The molecule has 0 atom stereocenters. The molecule has 0 aliphatic carbocycles. The smallest absolute Gasteiger partial charge is 0.269 e. The number of nitro benzene ring substituents is 1. The minimum absolute atomic E-state index is 0.0378. The van der Waals surface area contributed by atoms with E-state index in [9.17, 15) is 10.1 Å². The van der Waals surface area contributed by atoms with Crippen LogP contribution in [0, 0.1) is 10.1 Å². The standard InChI is InChI=1S/C19H21BrN4O4S/c1-3-21-19(29)23-22-11-14-9-16(20)18(17(10-14)27-4-2)28-12-13-5-7-15(8-6-13)24(25)26/h5-11H,3-4,12H2,1-2H3,(H2,21,23,29)/b22-11-. The number of ether oxygens (including phenoxy) is 2. The van der Waals surface area contributed by atoms with E-state index in [2.05, 4.69) is 31.8 Å². The topological polar surface area (TPSA) is 98.0 Å². The second-order valence-corrected chi connectivity index (χ2v) is 6.97. The summed E-state index contributed by atoms with van der Waals surface area (Å²) in [5, 5.41) is 18.2. The second kappa shape index (κ2) is 11.3. The Kier molecular flexibility index (Phi) is 8.81. The highest BCUT2D eigenvalue weighted by Crippen LogP contribution is 2.37. The van der Waals surface area contributed by atoms with E-state index in [1.165, 1.54) is 12.1 Å². The Labute approximate surface area is 182 Å². The van der Waals surface area contributed by atoms with Crippen molar-refractivity contribution in [1.82, 2.24) is 10.7 Å². The zero-order valence-electron chi connectivity index (χ0n) is 16.0. The molecule has 2 N–H and O–H groups in total. The van der Waals surface area contributed by atoms with E-state index in [0.29, 0.717) is 34.2 Å². The van der Waals surface area contributed by atoms with Gasteiger partial charge < -0.3 is 14.8 Å². The molecule has 0 aliphatic rings. The number of benzene rings is 2. The number of hydrogen-bond donors (Lipinski definition) is 2. The van der Waals surface area contributed by atoms with Crippen molar-refractivity contribution < 1.29 is 14.4 Å². The Morgan fingerprint density at radius 3 is 2.62 bits per heavy atom. The van der Waals surface area contributed by atoms with E-state index < -0.39 is 4.92 Å². The van der Waals surface area contributed by atoms with Crippen molar-refractivity contribution in [2.24, 2.45) is 5.10 Å². The fourth-order valence-corrected chi connectivity index (χ4v) is 3.07. The third kappa shape index (κ3) is 6.99. The maximum Gasteiger partial charge on any atom is 0.269 e. The quantitative estimate of drug-likeness (QED) is 0.240. The molecule has 0 amide bonds. The Hall–Kier alpha value is -2.72. The first kappa shape index (κ1) is 22.6. The SMILES string of the molecule is CCNC(=S)N/N=C\c1cc(Br)c(OCc2ccc([N+](=O)[O-])cc2)c(OCC)c1. The van der Waals surface area contributed by atoms with Crippen molar-refractivity contribution >= 4 is 45.2 Å². The zero-order chi connectivity index (χ0) is 21.2. The van der Waals surface area contributed by atoms with Gasteiger partial charge in [0.2, 0.25) is 0 Å². The highest BCUT2D eigenvalue weighted by atomic mass is 79.9. The molecule has 0 spiro atoms.